The molecule has 0 aliphatic carbocycles. The zero-order valence-electron chi connectivity index (χ0n) is 11.0. The molecule has 0 amide bonds. The highest BCUT2D eigenvalue weighted by Crippen LogP contribution is 2.17. The summed E-state index contributed by atoms with van der Waals surface area (Å²) in [5.74, 6) is 0.270. The first kappa shape index (κ1) is 14.5. The first-order valence-corrected chi connectivity index (χ1v) is 7.90. The summed E-state index contributed by atoms with van der Waals surface area (Å²) in [7, 11) is -3.46. The van der Waals surface area contributed by atoms with Crippen molar-refractivity contribution in [3.8, 4) is 0 Å². The third-order valence-electron chi connectivity index (χ3n) is 3.28. The van der Waals surface area contributed by atoms with E-state index in [4.69, 9.17) is 10.5 Å². The van der Waals surface area contributed by atoms with Crippen LogP contribution < -0.4 is 10.5 Å². The van der Waals surface area contributed by atoms with E-state index >= 15 is 0 Å². The summed E-state index contributed by atoms with van der Waals surface area (Å²) < 4.78 is 32.2. The van der Waals surface area contributed by atoms with Gasteiger partial charge in [-0.25, -0.2) is 13.1 Å². The summed E-state index contributed by atoms with van der Waals surface area (Å²) in [5.41, 5.74) is 6.58. The Morgan fingerprint density at radius 3 is 2.95 bits per heavy atom. The number of nitrogens with one attached hydrogen (secondary N) is 1. The lowest BCUT2D eigenvalue weighted by atomic mass is 10.1. The molecule has 2 unspecified atom stereocenters. The van der Waals surface area contributed by atoms with E-state index in [0.29, 0.717) is 19.8 Å². The number of hydrogen-bond acceptors (Lipinski definition) is 4. The maximum absolute atomic E-state index is 12.2. The van der Waals surface area contributed by atoms with Gasteiger partial charge in [-0.2, -0.15) is 0 Å². The van der Waals surface area contributed by atoms with Gasteiger partial charge in [-0.05, 0) is 37.0 Å². The van der Waals surface area contributed by atoms with Crippen LogP contribution in [0, 0.1) is 5.92 Å². The van der Waals surface area contributed by atoms with Crippen LogP contribution in [0.25, 0.3) is 0 Å². The predicted octanol–water partition coefficient (Wildman–Crippen LogP) is 1.02. The summed E-state index contributed by atoms with van der Waals surface area (Å²) >= 11 is 0. The van der Waals surface area contributed by atoms with Crippen LogP contribution in [0.15, 0.2) is 29.2 Å². The molecule has 1 aliphatic heterocycles. The summed E-state index contributed by atoms with van der Waals surface area (Å²) in [6, 6.07) is 6.57. The van der Waals surface area contributed by atoms with E-state index < -0.39 is 10.0 Å². The summed E-state index contributed by atoms with van der Waals surface area (Å²) in [4.78, 5) is 0.265. The molecule has 0 radical (unpaired) electrons. The Morgan fingerprint density at radius 1 is 1.53 bits per heavy atom. The molecule has 2 atom stereocenters. The standard InChI is InChI=1S/C13H20N2O3S/c1-10(14)12-3-2-4-13(7-12)19(16,17)15-8-11-5-6-18-9-11/h2-4,7,10-11,15H,5-6,8-9,14H2,1H3. The van der Waals surface area contributed by atoms with E-state index in [9.17, 15) is 8.42 Å². The highest BCUT2D eigenvalue weighted by Gasteiger charge is 2.20. The van der Waals surface area contributed by atoms with Gasteiger partial charge in [0, 0.05) is 19.2 Å². The van der Waals surface area contributed by atoms with Gasteiger partial charge in [-0.1, -0.05) is 12.1 Å². The Balaban J connectivity index is 2.07. The average Bonchev–Trinajstić information content (AvgIpc) is 2.90. The van der Waals surface area contributed by atoms with Crippen LogP contribution in [0.1, 0.15) is 24.9 Å². The molecule has 1 saturated heterocycles. The largest absolute Gasteiger partial charge is 0.381 e. The van der Waals surface area contributed by atoms with Gasteiger partial charge >= 0.3 is 0 Å². The number of sulfonamides is 1. The van der Waals surface area contributed by atoms with Gasteiger partial charge in [0.15, 0.2) is 0 Å². The van der Waals surface area contributed by atoms with Crippen LogP contribution in [0.5, 0.6) is 0 Å². The van der Waals surface area contributed by atoms with Crippen molar-refractivity contribution in [2.75, 3.05) is 19.8 Å². The zero-order valence-corrected chi connectivity index (χ0v) is 11.8. The number of hydrogen-bond donors (Lipinski definition) is 2. The van der Waals surface area contributed by atoms with Crippen molar-refractivity contribution in [1.82, 2.24) is 4.72 Å². The van der Waals surface area contributed by atoms with Crippen molar-refractivity contribution in [1.29, 1.82) is 0 Å². The number of nitrogens with two attached hydrogens (primary N) is 1. The fourth-order valence-corrected chi connectivity index (χ4v) is 3.19. The van der Waals surface area contributed by atoms with Crippen molar-refractivity contribution in [3.63, 3.8) is 0 Å². The lowest BCUT2D eigenvalue weighted by molar-refractivity contribution is 0.186. The van der Waals surface area contributed by atoms with E-state index in [1.54, 1.807) is 18.2 Å². The molecule has 1 heterocycles. The average molecular weight is 284 g/mol. The minimum Gasteiger partial charge on any atom is -0.381 e. The van der Waals surface area contributed by atoms with Gasteiger partial charge in [0.05, 0.1) is 11.5 Å². The zero-order chi connectivity index (χ0) is 13.9. The third-order valence-corrected chi connectivity index (χ3v) is 4.70. The van der Waals surface area contributed by atoms with Gasteiger partial charge < -0.3 is 10.5 Å². The molecule has 6 heteroatoms. The van der Waals surface area contributed by atoms with E-state index in [2.05, 4.69) is 4.72 Å². The molecule has 1 aromatic carbocycles. The van der Waals surface area contributed by atoms with Crippen LogP contribution in [0.4, 0.5) is 0 Å². The lowest BCUT2D eigenvalue weighted by Gasteiger charge is -2.12. The van der Waals surface area contributed by atoms with E-state index in [-0.39, 0.29) is 16.9 Å². The minimum absolute atomic E-state index is 0.182. The van der Waals surface area contributed by atoms with E-state index in [1.807, 2.05) is 13.0 Å². The monoisotopic (exact) mass is 284 g/mol. The molecular weight excluding hydrogens is 264 g/mol. The summed E-state index contributed by atoms with van der Waals surface area (Å²) in [6.07, 6.45) is 0.905. The smallest absolute Gasteiger partial charge is 0.240 e. The fraction of sp³-hybridized carbons (Fsp3) is 0.538. The second kappa shape index (κ2) is 6.00. The Labute approximate surface area is 114 Å². The van der Waals surface area contributed by atoms with Crippen LogP contribution in [0.2, 0.25) is 0 Å². The van der Waals surface area contributed by atoms with Gasteiger partial charge in [-0.3, -0.25) is 0 Å². The van der Waals surface area contributed by atoms with Crippen molar-refractivity contribution in [2.24, 2.45) is 11.7 Å². The molecule has 5 nitrogen and oxygen atoms in total. The van der Waals surface area contributed by atoms with Crippen LogP contribution >= 0.6 is 0 Å². The SMILES string of the molecule is CC(N)c1cccc(S(=O)(=O)NCC2CCOC2)c1. The number of ether oxygens (including phenoxy) is 1. The quantitative estimate of drug-likeness (QED) is 0.846. The Morgan fingerprint density at radius 2 is 2.32 bits per heavy atom. The summed E-state index contributed by atoms with van der Waals surface area (Å²) in [5, 5.41) is 0. The van der Waals surface area contributed by atoms with Crippen molar-refractivity contribution >= 4 is 10.0 Å². The first-order chi connectivity index (χ1) is 8.99. The molecule has 2 rings (SSSR count). The maximum Gasteiger partial charge on any atom is 0.240 e. The minimum atomic E-state index is -3.46. The second-order valence-corrected chi connectivity index (χ2v) is 6.71. The highest BCUT2D eigenvalue weighted by molar-refractivity contribution is 7.89. The van der Waals surface area contributed by atoms with Crippen molar-refractivity contribution < 1.29 is 13.2 Å². The number of benzene rings is 1. The van der Waals surface area contributed by atoms with Gasteiger partial charge in [0.1, 0.15) is 0 Å². The molecule has 1 aromatic rings. The van der Waals surface area contributed by atoms with E-state index in [0.717, 1.165) is 12.0 Å². The molecule has 0 saturated carbocycles. The number of rotatable bonds is 5. The van der Waals surface area contributed by atoms with Gasteiger partial charge in [0.2, 0.25) is 10.0 Å². The van der Waals surface area contributed by atoms with Crippen molar-refractivity contribution in [2.45, 2.75) is 24.3 Å². The molecule has 19 heavy (non-hydrogen) atoms. The van der Waals surface area contributed by atoms with Gasteiger partial charge in [0.25, 0.3) is 0 Å². The molecule has 0 spiro atoms. The fourth-order valence-electron chi connectivity index (χ4n) is 2.02. The Bertz CT molecular complexity index is 522. The molecule has 0 aromatic heterocycles. The molecular formula is C13H20N2O3S. The van der Waals surface area contributed by atoms with Crippen LogP contribution in [0.3, 0.4) is 0 Å². The molecule has 1 fully saturated rings. The van der Waals surface area contributed by atoms with Crippen LogP contribution in [-0.4, -0.2) is 28.2 Å². The lowest BCUT2D eigenvalue weighted by Crippen LogP contribution is -2.29. The molecule has 106 valence electrons. The normalized spacial score (nSPS) is 21.5. The second-order valence-electron chi connectivity index (χ2n) is 4.94. The third kappa shape index (κ3) is 3.76. The maximum atomic E-state index is 12.2. The molecule has 1 aliphatic rings. The first-order valence-electron chi connectivity index (χ1n) is 6.42. The van der Waals surface area contributed by atoms with Crippen LogP contribution in [-0.2, 0) is 14.8 Å². The molecule has 0 bridgehead atoms. The molecule has 3 N–H and O–H groups in total. The Hall–Kier alpha value is -0.950. The summed E-state index contributed by atoms with van der Waals surface area (Å²) in [6.45, 7) is 3.59. The van der Waals surface area contributed by atoms with Gasteiger partial charge in [-0.15, -0.1) is 0 Å². The van der Waals surface area contributed by atoms with E-state index in [1.165, 1.54) is 0 Å². The predicted molar refractivity (Wildman–Crippen MR) is 73.2 cm³/mol. The Kier molecular flexibility index (Phi) is 4.57. The van der Waals surface area contributed by atoms with Crippen molar-refractivity contribution in [3.05, 3.63) is 29.8 Å². The highest BCUT2D eigenvalue weighted by atomic mass is 32.2. The topological polar surface area (TPSA) is 81.4 Å².